The Morgan fingerprint density at radius 3 is 2.77 bits per heavy atom. The second-order valence-electron chi connectivity index (χ2n) is 5.71. The lowest BCUT2D eigenvalue weighted by Crippen LogP contribution is -1.96. The number of benzene rings is 3. The Balaban J connectivity index is 1.78. The van der Waals surface area contributed by atoms with Gasteiger partial charge >= 0.3 is 0 Å². The summed E-state index contributed by atoms with van der Waals surface area (Å²) in [6, 6.07) is 22.0. The monoisotopic (exact) mass is 360 g/mol. The highest BCUT2D eigenvalue weighted by atomic mass is 32.1. The quantitative estimate of drug-likeness (QED) is 0.426. The molecule has 5 nitrogen and oxygen atoms in total. The summed E-state index contributed by atoms with van der Waals surface area (Å²) in [4.78, 5) is 0. The molecule has 6 heteroatoms. The van der Waals surface area contributed by atoms with Crippen LogP contribution in [0.5, 0.6) is 5.75 Å². The molecule has 26 heavy (non-hydrogen) atoms. The fourth-order valence-electron chi connectivity index (χ4n) is 2.83. The SMILES string of the molecule is COc1cccc(-c2n[nH]c(=S)n2N=Cc2cccc3ccccc23)c1. The predicted octanol–water partition coefficient (Wildman–Crippen LogP) is 4.65. The molecule has 0 aliphatic carbocycles. The van der Waals surface area contributed by atoms with Crippen molar-refractivity contribution in [1.29, 1.82) is 0 Å². The number of fused-ring (bicyclic) bond motifs is 1. The van der Waals surface area contributed by atoms with Gasteiger partial charge in [-0.3, -0.25) is 0 Å². The van der Waals surface area contributed by atoms with Crippen molar-refractivity contribution in [3.8, 4) is 17.1 Å². The predicted molar refractivity (Wildman–Crippen MR) is 106 cm³/mol. The zero-order chi connectivity index (χ0) is 17.9. The Labute approximate surface area is 155 Å². The summed E-state index contributed by atoms with van der Waals surface area (Å²) in [5.74, 6) is 1.38. The summed E-state index contributed by atoms with van der Waals surface area (Å²) < 4.78 is 7.34. The minimum Gasteiger partial charge on any atom is -0.497 e. The van der Waals surface area contributed by atoms with Crippen molar-refractivity contribution in [3.05, 3.63) is 77.1 Å². The summed E-state index contributed by atoms with van der Waals surface area (Å²) in [7, 11) is 1.63. The molecule has 0 atom stereocenters. The number of nitrogens with zero attached hydrogens (tertiary/aromatic N) is 3. The van der Waals surface area contributed by atoms with Crippen molar-refractivity contribution in [2.45, 2.75) is 0 Å². The number of rotatable bonds is 4. The summed E-state index contributed by atoms with van der Waals surface area (Å²) >= 11 is 5.35. The molecule has 0 saturated heterocycles. The minimum atomic E-state index is 0.430. The summed E-state index contributed by atoms with van der Waals surface area (Å²) in [6.07, 6.45) is 1.80. The van der Waals surface area contributed by atoms with Crippen LogP contribution in [0.1, 0.15) is 5.56 Å². The molecule has 4 aromatic rings. The molecule has 1 N–H and O–H groups in total. The smallest absolute Gasteiger partial charge is 0.216 e. The van der Waals surface area contributed by atoms with E-state index >= 15 is 0 Å². The van der Waals surface area contributed by atoms with Crippen LogP contribution >= 0.6 is 12.2 Å². The number of H-pyrrole nitrogens is 1. The van der Waals surface area contributed by atoms with E-state index in [1.54, 1.807) is 18.0 Å². The Morgan fingerprint density at radius 1 is 1.08 bits per heavy atom. The van der Waals surface area contributed by atoms with Gasteiger partial charge in [-0.15, -0.1) is 0 Å². The van der Waals surface area contributed by atoms with Crippen molar-refractivity contribution in [1.82, 2.24) is 14.9 Å². The molecule has 0 spiro atoms. The van der Waals surface area contributed by atoms with Gasteiger partial charge in [-0.05, 0) is 35.1 Å². The zero-order valence-corrected chi connectivity index (χ0v) is 14.9. The van der Waals surface area contributed by atoms with Crippen molar-refractivity contribution >= 4 is 29.2 Å². The number of nitrogens with one attached hydrogen (secondary N) is 1. The van der Waals surface area contributed by atoms with Crippen LogP contribution in [-0.4, -0.2) is 28.2 Å². The van der Waals surface area contributed by atoms with Gasteiger partial charge in [0.05, 0.1) is 13.3 Å². The topological polar surface area (TPSA) is 55.2 Å². The molecular weight excluding hydrogens is 344 g/mol. The van der Waals surface area contributed by atoms with Gasteiger partial charge in [-0.25, -0.2) is 5.10 Å². The molecular formula is C20H16N4OS. The van der Waals surface area contributed by atoms with Gasteiger partial charge in [0, 0.05) is 11.1 Å². The molecule has 0 fully saturated rings. The van der Waals surface area contributed by atoms with Gasteiger partial charge in [0.25, 0.3) is 0 Å². The molecule has 0 aliphatic heterocycles. The maximum absolute atomic E-state index is 5.35. The molecule has 0 radical (unpaired) electrons. The highest BCUT2D eigenvalue weighted by Crippen LogP contribution is 2.22. The summed E-state index contributed by atoms with van der Waals surface area (Å²) in [5, 5.41) is 14.0. The molecule has 0 bridgehead atoms. The molecule has 1 heterocycles. The fourth-order valence-corrected chi connectivity index (χ4v) is 3.01. The molecule has 0 unspecified atom stereocenters. The van der Waals surface area contributed by atoms with Gasteiger partial charge in [0.2, 0.25) is 4.77 Å². The average molecular weight is 360 g/mol. The first-order chi connectivity index (χ1) is 12.8. The van der Waals surface area contributed by atoms with Gasteiger partial charge in [-0.2, -0.15) is 14.9 Å². The number of methoxy groups -OCH3 is 1. The Bertz CT molecular complexity index is 1150. The van der Waals surface area contributed by atoms with Gasteiger partial charge in [-0.1, -0.05) is 54.6 Å². The van der Waals surface area contributed by atoms with Crippen LogP contribution in [0.15, 0.2) is 71.8 Å². The van der Waals surface area contributed by atoms with Crippen LogP contribution in [0.25, 0.3) is 22.2 Å². The fraction of sp³-hybridized carbons (Fsp3) is 0.0500. The maximum Gasteiger partial charge on any atom is 0.216 e. The van der Waals surface area contributed by atoms with Crippen LogP contribution in [0.3, 0.4) is 0 Å². The minimum absolute atomic E-state index is 0.430. The normalized spacial score (nSPS) is 11.3. The average Bonchev–Trinajstić information content (AvgIpc) is 3.07. The molecule has 0 amide bonds. The van der Waals surface area contributed by atoms with Crippen molar-refractivity contribution in [3.63, 3.8) is 0 Å². The second-order valence-corrected chi connectivity index (χ2v) is 6.10. The maximum atomic E-state index is 5.35. The van der Waals surface area contributed by atoms with E-state index in [4.69, 9.17) is 17.0 Å². The van der Waals surface area contributed by atoms with Crippen molar-refractivity contribution in [2.75, 3.05) is 7.11 Å². The first-order valence-electron chi connectivity index (χ1n) is 8.10. The number of aromatic nitrogens is 3. The van der Waals surface area contributed by atoms with Crippen molar-refractivity contribution in [2.24, 2.45) is 5.10 Å². The number of ether oxygens (including phenoxy) is 1. The van der Waals surface area contributed by atoms with E-state index in [-0.39, 0.29) is 0 Å². The zero-order valence-electron chi connectivity index (χ0n) is 14.1. The van der Waals surface area contributed by atoms with Crippen LogP contribution < -0.4 is 4.74 Å². The van der Waals surface area contributed by atoms with Gasteiger partial charge in [0.15, 0.2) is 5.82 Å². The first-order valence-corrected chi connectivity index (χ1v) is 8.51. The number of hydrogen-bond acceptors (Lipinski definition) is 4. The third kappa shape index (κ3) is 3.02. The molecule has 0 saturated carbocycles. The summed E-state index contributed by atoms with van der Waals surface area (Å²) in [5.41, 5.74) is 1.88. The molecule has 4 rings (SSSR count). The molecule has 3 aromatic carbocycles. The van der Waals surface area contributed by atoms with Crippen molar-refractivity contribution < 1.29 is 4.74 Å². The van der Waals surface area contributed by atoms with E-state index in [1.165, 1.54) is 5.39 Å². The van der Waals surface area contributed by atoms with E-state index in [1.807, 2.05) is 48.5 Å². The largest absolute Gasteiger partial charge is 0.497 e. The first kappa shape index (κ1) is 16.2. The number of hydrogen-bond donors (Lipinski definition) is 1. The standard InChI is InChI=1S/C20H16N4OS/c1-25-17-10-5-8-15(12-17)19-22-23-20(26)24(19)21-13-16-9-4-7-14-6-2-3-11-18(14)16/h2-13H,1H3,(H,23,26). The Kier molecular flexibility index (Phi) is 4.33. The molecule has 0 aliphatic rings. The lowest BCUT2D eigenvalue weighted by molar-refractivity contribution is 0.415. The van der Waals surface area contributed by atoms with Crippen LogP contribution in [0.4, 0.5) is 0 Å². The second kappa shape index (κ2) is 6.93. The van der Waals surface area contributed by atoms with E-state index in [0.29, 0.717) is 10.6 Å². The van der Waals surface area contributed by atoms with Crippen LogP contribution in [-0.2, 0) is 0 Å². The lowest BCUT2D eigenvalue weighted by Gasteiger charge is -2.04. The van der Waals surface area contributed by atoms with E-state index < -0.39 is 0 Å². The highest BCUT2D eigenvalue weighted by Gasteiger charge is 2.09. The third-order valence-corrected chi connectivity index (χ3v) is 4.38. The third-order valence-electron chi connectivity index (χ3n) is 4.11. The van der Waals surface area contributed by atoms with E-state index in [9.17, 15) is 0 Å². The van der Waals surface area contributed by atoms with E-state index in [2.05, 4.69) is 33.5 Å². The summed E-state index contributed by atoms with van der Waals surface area (Å²) in [6.45, 7) is 0. The van der Waals surface area contributed by atoms with Gasteiger partial charge < -0.3 is 4.74 Å². The Hall–Kier alpha value is -3.25. The lowest BCUT2D eigenvalue weighted by atomic mass is 10.1. The highest BCUT2D eigenvalue weighted by molar-refractivity contribution is 7.71. The van der Waals surface area contributed by atoms with Crippen LogP contribution in [0, 0.1) is 4.77 Å². The molecule has 128 valence electrons. The van der Waals surface area contributed by atoms with E-state index in [0.717, 1.165) is 22.3 Å². The van der Waals surface area contributed by atoms with Crippen LogP contribution in [0.2, 0.25) is 0 Å². The Morgan fingerprint density at radius 2 is 1.88 bits per heavy atom. The molecule has 1 aromatic heterocycles. The van der Waals surface area contributed by atoms with Gasteiger partial charge in [0.1, 0.15) is 5.75 Å². The number of aromatic amines is 1.